The van der Waals surface area contributed by atoms with Crippen LogP contribution in [0.3, 0.4) is 0 Å². The number of rotatable bonds is 2. The Kier molecular flexibility index (Phi) is 3.66. The lowest BCUT2D eigenvalue weighted by molar-refractivity contribution is 0.596. The molecule has 18 heavy (non-hydrogen) atoms. The van der Waals surface area contributed by atoms with Crippen molar-refractivity contribution in [1.82, 2.24) is 0 Å². The summed E-state index contributed by atoms with van der Waals surface area (Å²) in [7, 11) is -3.54. The van der Waals surface area contributed by atoms with Crippen molar-refractivity contribution in [2.24, 2.45) is 0 Å². The minimum atomic E-state index is -3.54. The van der Waals surface area contributed by atoms with E-state index in [1.54, 1.807) is 24.3 Å². The van der Waals surface area contributed by atoms with Gasteiger partial charge in [-0.1, -0.05) is 40.9 Å². The van der Waals surface area contributed by atoms with E-state index in [1.807, 2.05) is 6.92 Å². The molecule has 0 fully saturated rings. The van der Waals surface area contributed by atoms with Gasteiger partial charge >= 0.3 is 0 Å². The Labute approximate surface area is 116 Å². The third-order valence-electron chi connectivity index (χ3n) is 2.53. The van der Waals surface area contributed by atoms with E-state index in [0.29, 0.717) is 5.02 Å². The van der Waals surface area contributed by atoms with Crippen molar-refractivity contribution in [2.45, 2.75) is 16.7 Å². The van der Waals surface area contributed by atoms with Crippen LogP contribution in [-0.2, 0) is 9.84 Å². The van der Waals surface area contributed by atoms with Crippen molar-refractivity contribution in [3.05, 3.63) is 58.1 Å². The Bertz CT molecular complexity index is 677. The molecule has 0 saturated carbocycles. The number of hydrogen-bond donors (Lipinski definition) is 0. The predicted octanol–water partition coefficient (Wildman–Crippen LogP) is 4.13. The molecular weight excluding hydrogens is 291 g/mol. The van der Waals surface area contributed by atoms with Crippen LogP contribution in [0, 0.1) is 6.92 Å². The lowest BCUT2D eigenvalue weighted by Crippen LogP contribution is -2.01. The largest absolute Gasteiger partial charge is 0.219 e. The molecule has 0 aliphatic heterocycles. The van der Waals surface area contributed by atoms with Gasteiger partial charge < -0.3 is 0 Å². The van der Waals surface area contributed by atoms with Crippen LogP contribution in [0.2, 0.25) is 10.0 Å². The molecule has 0 bridgehead atoms. The van der Waals surface area contributed by atoms with E-state index in [0.717, 1.165) is 5.56 Å². The lowest BCUT2D eigenvalue weighted by atomic mass is 10.2. The fourth-order valence-corrected chi connectivity index (χ4v) is 3.15. The van der Waals surface area contributed by atoms with Crippen LogP contribution in [-0.4, -0.2) is 8.42 Å². The highest BCUT2D eigenvalue weighted by Crippen LogP contribution is 2.28. The molecule has 5 heteroatoms. The molecule has 0 N–H and O–H groups in total. The van der Waals surface area contributed by atoms with Crippen molar-refractivity contribution < 1.29 is 8.42 Å². The van der Waals surface area contributed by atoms with Crippen molar-refractivity contribution in [2.75, 3.05) is 0 Å². The standard InChI is InChI=1S/C13H10Cl2O2S/c1-9-2-4-10(5-3-9)18(16,17)11-6-7-12(14)13(15)8-11/h2-8H,1H3. The zero-order valence-corrected chi connectivity index (χ0v) is 11.9. The first-order valence-corrected chi connectivity index (χ1v) is 7.42. The van der Waals surface area contributed by atoms with Crippen LogP contribution >= 0.6 is 23.2 Å². The monoisotopic (exact) mass is 300 g/mol. The number of aryl methyl sites for hydroxylation is 1. The highest BCUT2D eigenvalue weighted by Gasteiger charge is 2.18. The van der Waals surface area contributed by atoms with Gasteiger partial charge in [-0.3, -0.25) is 0 Å². The zero-order chi connectivity index (χ0) is 13.3. The second-order valence-corrected chi connectivity index (χ2v) is 6.66. The van der Waals surface area contributed by atoms with E-state index in [-0.39, 0.29) is 14.8 Å². The molecule has 0 aliphatic rings. The van der Waals surface area contributed by atoms with E-state index >= 15 is 0 Å². The van der Waals surface area contributed by atoms with Crippen LogP contribution in [0.1, 0.15) is 5.56 Å². The lowest BCUT2D eigenvalue weighted by Gasteiger charge is -2.06. The van der Waals surface area contributed by atoms with Crippen molar-refractivity contribution >= 4 is 33.0 Å². The molecule has 0 atom stereocenters. The third-order valence-corrected chi connectivity index (χ3v) is 5.04. The molecule has 94 valence electrons. The summed E-state index contributed by atoms with van der Waals surface area (Å²) >= 11 is 11.6. The normalized spacial score (nSPS) is 11.5. The van der Waals surface area contributed by atoms with Gasteiger partial charge in [-0.25, -0.2) is 8.42 Å². The first kappa shape index (κ1) is 13.4. The molecular formula is C13H10Cl2O2S. The number of benzene rings is 2. The summed E-state index contributed by atoms with van der Waals surface area (Å²) in [5.41, 5.74) is 1.00. The van der Waals surface area contributed by atoms with Crippen LogP contribution in [0.4, 0.5) is 0 Å². The molecule has 2 nitrogen and oxygen atoms in total. The summed E-state index contributed by atoms with van der Waals surface area (Å²) < 4.78 is 24.6. The summed E-state index contributed by atoms with van der Waals surface area (Å²) in [6, 6.07) is 10.9. The SMILES string of the molecule is Cc1ccc(S(=O)(=O)c2ccc(Cl)c(Cl)c2)cc1. The van der Waals surface area contributed by atoms with Gasteiger partial charge in [0.05, 0.1) is 19.8 Å². The number of halogens is 2. The molecule has 0 aromatic heterocycles. The molecule has 0 spiro atoms. The molecule has 0 amide bonds. The molecule has 0 saturated heterocycles. The summed E-state index contributed by atoms with van der Waals surface area (Å²) in [5, 5.41) is 0.560. The molecule has 2 aromatic rings. The van der Waals surface area contributed by atoms with Gasteiger partial charge in [0.1, 0.15) is 0 Å². The molecule has 0 aliphatic carbocycles. The Morgan fingerprint density at radius 2 is 1.39 bits per heavy atom. The fraction of sp³-hybridized carbons (Fsp3) is 0.0769. The molecule has 2 rings (SSSR count). The summed E-state index contributed by atoms with van der Waals surface area (Å²) in [5.74, 6) is 0. The average molecular weight is 301 g/mol. The molecule has 0 unspecified atom stereocenters. The maximum Gasteiger partial charge on any atom is 0.206 e. The van der Waals surface area contributed by atoms with E-state index in [2.05, 4.69) is 0 Å². The van der Waals surface area contributed by atoms with Gasteiger partial charge in [0, 0.05) is 0 Å². The minimum absolute atomic E-state index is 0.140. The Balaban J connectivity index is 2.54. The summed E-state index contributed by atoms with van der Waals surface area (Å²) in [6.45, 7) is 1.90. The maximum absolute atomic E-state index is 12.3. The third kappa shape index (κ3) is 2.53. The van der Waals surface area contributed by atoms with E-state index in [9.17, 15) is 8.42 Å². The second kappa shape index (κ2) is 4.92. The van der Waals surface area contributed by atoms with Crippen LogP contribution in [0.25, 0.3) is 0 Å². The average Bonchev–Trinajstić information content (AvgIpc) is 2.33. The van der Waals surface area contributed by atoms with Gasteiger partial charge in [-0.15, -0.1) is 0 Å². The van der Waals surface area contributed by atoms with E-state index < -0.39 is 9.84 Å². The van der Waals surface area contributed by atoms with Gasteiger partial charge in [-0.2, -0.15) is 0 Å². The first-order chi connectivity index (χ1) is 8.41. The molecule has 0 radical (unpaired) electrons. The molecule has 2 aromatic carbocycles. The second-order valence-electron chi connectivity index (χ2n) is 3.89. The highest BCUT2D eigenvalue weighted by atomic mass is 35.5. The highest BCUT2D eigenvalue weighted by molar-refractivity contribution is 7.91. The van der Waals surface area contributed by atoms with Crippen molar-refractivity contribution in [3.8, 4) is 0 Å². The number of sulfone groups is 1. The van der Waals surface area contributed by atoms with Crippen LogP contribution in [0.5, 0.6) is 0 Å². The van der Waals surface area contributed by atoms with Crippen molar-refractivity contribution in [3.63, 3.8) is 0 Å². The Morgan fingerprint density at radius 3 is 1.94 bits per heavy atom. The smallest absolute Gasteiger partial charge is 0.206 e. The van der Waals surface area contributed by atoms with Crippen molar-refractivity contribution in [1.29, 1.82) is 0 Å². The zero-order valence-electron chi connectivity index (χ0n) is 9.52. The number of hydrogen-bond acceptors (Lipinski definition) is 2. The Hall–Kier alpha value is -1.03. The van der Waals surface area contributed by atoms with Gasteiger partial charge in [-0.05, 0) is 37.3 Å². The summed E-state index contributed by atoms with van der Waals surface area (Å²) in [6.07, 6.45) is 0. The first-order valence-electron chi connectivity index (χ1n) is 5.18. The van der Waals surface area contributed by atoms with E-state index in [1.165, 1.54) is 18.2 Å². The van der Waals surface area contributed by atoms with Gasteiger partial charge in [0.2, 0.25) is 9.84 Å². The van der Waals surface area contributed by atoms with Crippen LogP contribution < -0.4 is 0 Å². The van der Waals surface area contributed by atoms with Gasteiger partial charge in [0.15, 0.2) is 0 Å². The quantitative estimate of drug-likeness (QED) is 0.835. The topological polar surface area (TPSA) is 34.1 Å². The van der Waals surface area contributed by atoms with E-state index in [4.69, 9.17) is 23.2 Å². The Morgan fingerprint density at radius 1 is 0.833 bits per heavy atom. The predicted molar refractivity (Wildman–Crippen MR) is 73.1 cm³/mol. The maximum atomic E-state index is 12.3. The van der Waals surface area contributed by atoms with Gasteiger partial charge in [0.25, 0.3) is 0 Å². The fourth-order valence-electron chi connectivity index (χ4n) is 1.50. The van der Waals surface area contributed by atoms with Crippen LogP contribution in [0.15, 0.2) is 52.3 Å². The minimum Gasteiger partial charge on any atom is -0.219 e. The molecule has 0 heterocycles. The summed E-state index contributed by atoms with van der Waals surface area (Å²) in [4.78, 5) is 0.382.